The van der Waals surface area contributed by atoms with Gasteiger partial charge in [0.15, 0.2) is 11.2 Å². The lowest BCUT2D eigenvalue weighted by atomic mass is 10.4. The summed E-state index contributed by atoms with van der Waals surface area (Å²) < 4.78 is 3.17. The number of rotatable bonds is 3. The SMILES string of the molecule is C/C(Cl)=C\Cn1c(N2CCNCC2)nc2c1c(=O)[nH]c(=O)n2C. The number of halogens is 1. The van der Waals surface area contributed by atoms with E-state index in [0.29, 0.717) is 28.7 Å². The van der Waals surface area contributed by atoms with Gasteiger partial charge in [-0.05, 0) is 6.92 Å². The average molecular weight is 339 g/mol. The summed E-state index contributed by atoms with van der Waals surface area (Å²) in [5.41, 5.74) is -0.136. The summed E-state index contributed by atoms with van der Waals surface area (Å²) in [6.07, 6.45) is 1.82. The first-order valence-electron chi connectivity index (χ1n) is 7.46. The summed E-state index contributed by atoms with van der Waals surface area (Å²) in [5, 5.41) is 3.92. The molecule has 0 unspecified atom stereocenters. The van der Waals surface area contributed by atoms with Crippen LogP contribution in [-0.4, -0.2) is 45.3 Å². The van der Waals surface area contributed by atoms with Crippen LogP contribution in [-0.2, 0) is 13.6 Å². The van der Waals surface area contributed by atoms with Crippen molar-refractivity contribution < 1.29 is 0 Å². The molecule has 0 spiro atoms. The minimum atomic E-state index is -0.469. The third kappa shape index (κ3) is 2.91. The number of aromatic nitrogens is 4. The van der Waals surface area contributed by atoms with Crippen LogP contribution in [0.25, 0.3) is 11.2 Å². The van der Waals surface area contributed by atoms with Gasteiger partial charge in [-0.3, -0.25) is 14.3 Å². The number of aryl methyl sites for hydroxylation is 1. The van der Waals surface area contributed by atoms with Crippen LogP contribution in [0.15, 0.2) is 20.7 Å². The molecule has 0 amide bonds. The Bertz CT molecular complexity index is 868. The van der Waals surface area contributed by atoms with Crippen molar-refractivity contribution in [2.24, 2.45) is 7.05 Å². The molecule has 1 aliphatic heterocycles. The van der Waals surface area contributed by atoms with Crippen LogP contribution in [0, 0.1) is 0 Å². The Morgan fingerprint density at radius 3 is 2.70 bits per heavy atom. The lowest BCUT2D eigenvalue weighted by Crippen LogP contribution is -2.44. The fourth-order valence-corrected chi connectivity index (χ4v) is 2.79. The van der Waals surface area contributed by atoms with Crippen molar-refractivity contribution in [2.45, 2.75) is 13.5 Å². The second-order valence-electron chi connectivity index (χ2n) is 5.54. The van der Waals surface area contributed by atoms with E-state index in [9.17, 15) is 9.59 Å². The Labute approximate surface area is 137 Å². The Morgan fingerprint density at radius 1 is 1.35 bits per heavy atom. The minimum absolute atomic E-state index is 0.382. The molecule has 2 aromatic heterocycles. The minimum Gasteiger partial charge on any atom is -0.340 e. The lowest BCUT2D eigenvalue weighted by Gasteiger charge is -2.28. The second kappa shape index (κ2) is 6.21. The first-order valence-corrected chi connectivity index (χ1v) is 7.84. The molecule has 23 heavy (non-hydrogen) atoms. The number of hydrogen-bond acceptors (Lipinski definition) is 5. The fourth-order valence-electron chi connectivity index (χ4n) is 2.72. The van der Waals surface area contributed by atoms with Gasteiger partial charge in [-0.1, -0.05) is 17.7 Å². The zero-order valence-electron chi connectivity index (χ0n) is 13.1. The van der Waals surface area contributed by atoms with Gasteiger partial charge in [0.1, 0.15) is 0 Å². The van der Waals surface area contributed by atoms with Gasteiger partial charge < -0.3 is 14.8 Å². The summed E-state index contributed by atoms with van der Waals surface area (Å²) in [5.74, 6) is 0.683. The molecule has 1 saturated heterocycles. The van der Waals surface area contributed by atoms with Crippen molar-refractivity contribution in [3.63, 3.8) is 0 Å². The number of allylic oxidation sites excluding steroid dienone is 2. The van der Waals surface area contributed by atoms with Crippen molar-refractivity contribution in [1.29, 1.82) is 0 Å². The van der Waals surface area contributed by atoms with E-state index in [-0.39, 0.29) is 0 Å². The highest BCUT2D eigenvalue weighted by Gasteiger charge is 2.22. The van der Waals surface area contributed by atoms with Gasteiger partial charge >= 0.3 is 5.69 Å². The first-order chi connectivity index (χ1) is 11.0. The van der Waals surface area contributed by atoms with E-state index in [2.05, 4.69) is 20.2 Å². The maximum Gasteiger partial charge on any atom is 0.329 e. The smallest absolute Gasteiger partial charge is 0.329 e. The summed E-state index contributed by atoms with van der Waals surface area (Å²) in [7, 11) is 1.60. The number of fused-ring (bicyclic) bond motifs is 1. The van der Waals surface area contributed by atoms with Crippen LogP contribution >= 0.6 is 11.6 Å². The van der Waals surface area contributed by atoms with Crippen LogP contribution in [0.4, 0.5) is 5.95 Å². The van der Waals surface area contributed by atoms with Crippen molar-refractivity contribution in [3.8, 4) is 0 Å². The quantitative estimate of drug-likeness (QED) is 0.821. The normalized spacial score (nSPS) is 16.3. The Balaban J connectivity index is 2.24. The monoisotopic (exact) mass is 338 g/mol. The molecule has 1 fully saturated rings. The molecule has 8 nitrogen and oxygen atoms in total. The fraction of sp³-hybridized carbons (Fsp3) is 0.500. The van der Waals surface area contributed by atoms with E-state index >= 15 is 0 Å². The predicted molar refractivity (Wildman–Crippen MR) is 90.3 cm³/mol. The van der Waals surface area contributed by atoms with E-state index in [0.717, 1.165) is 26.2 Å². The molecule has 0 atom stereocenters. The predicted octanol–water partition coefficient (Wildman–Crippen LogP) is -0.0245. The summed E-state index contributed by atoms with van der Waals surface area (Å²) >= 11 is 5.94. The highest BCUT2D eigenvalue weighted by molar-refractivity contribution is 6.29. The van der Waals surface area contributed by atoms with E-state index < -0.39 is 11.2 Å². The molecule has 3 rings (SSSR count). The molecule has 2 aromatic rings. The van der Waals surface area contributed by atoms with E-state index in [1.54, 1.807) is 14.0 Å². The van der Waals surface area contributed by atoms with Crippen LogP contribution in [0.2, 0.25) is 0 Å². The van der Waals surface area contributed by atoms with Crippen LogP contribution in [0.1, 0.15) is 6.92 Å². The Hall–Kier alpha value is -2.06. The van der Waals surface area contributed by atoms with Crippen LogP contribution < -0.4 is 21.5 Å². The molecule has 0 aromatic carbocycles. The van der Waals surface area contributed by atoms with E-state index in [1.807, 2.05) is 10.6 Å². The Kier molecular flexibility index (Phi) is 4.27. The van der Waals surface area contributed by atoms with Gasteiger partial charge in [-0.15, -0.1) is 0 Å². The molecule has 0 aliphatic carbocycles. The lowest BCUT2D eigenvalue weighted by molar-refractivity contribution is 0.572. The summed E-state index contributed by atoms with van der Waals surface area (Å²) in [4.78, 5) is 33.1. The summed E-state index contributed by atoms with van der Waals surface area (Å²) in [6.45, 7) is 5.49. The number of aromatic amines is 1. The van der Waals surface area contributed by atoms with Gasteiger partial charge in [-0.25, -0.2) is 4.79 Å². The first kappa shape index (κ1) is 15.8. The molecule has 0 saturated carbocycles. The highest BCUT2D eigenvalue weighted by atomic mass is 35.5. The third-order valence-electron chi connectivity index (χ3n) is 3.94. The van der Waals surface area contributed by atoms with Crippen LogP contribution in [0.5, 0.6) is 0 Å². The third-order valence-corrected chi connectivity index (χ3v) is 4.10. The molecule has 1 aliphatic rings. The molecular weight excluding hydrogens is 320 g/mol. The topological polar surface area (TPSA) is 88.0 Å². The van der Waals surface area contributed by atoms with Gasteiger partial charge in [0, 0.05) is 44.8 Å². The molecule has 2 N–H and O–H groups in total. The Morgan fingerprint density at radius 2 is 2.04 bits per heavy atom. The van der Waals surface area contributed by atoms with Gasteiger partial charge in [0.05, 0.1) is 0 Å². The number of nitrogens with zero attached hydrogens (tertiary/aromatic N) is 4. The standard InChI is InChI=1S/C14H19ClN6O2/c1-9(15)3-6-21-10-11(19(2)14(23)18-12(10)22)17-13(21)20-7-4-16-5-8-20/h3,16H,4-8H2,1-2H3,(H,18,22,23)/b9-3+. The highest BCUT2D eigenvalue weighted by Crippen LogP contribution is 2.20. The number of imidazole rings is 1. The van der Waals surface area contributed by atoms with Crippen molar-refractivity contribution in [1.82, 2.24) is 24.4 Å². The average Bonchev–Trinajstić information content (AvgIpc) is 2.91. The molecule has 124 valence electrons. The van der Waals surface area contributed by atoms with Crippen molar-refractivity contribution >= 4 is 28.7 Å². The summed E-state index contributed by atoms with van der Waals surface area (Å²) in [6, 6.07) is 0. The zero-order valence-corrected chi connectivity index (χ0v) is 13.9. The second-order valence-corrected chi connectivity index (χ2v) is 6.14. The molecule has 0 radical (unpaired) electrons. The molecular formula is C14H19ClN6O2. The number of piperazine rings is 1. The van der Waals surface area contributed by atoms with E-state index in [4.69, 9.17) is 11.6 Å². The maximum absolute atomic E-state index is 12.3. The van der Waals surface area contributed by atoms with Crippen LogP contribution in [0.3, 0.4) is 0 Å². The largest absolute Gasteiger partial charge is 0.340 e. The van der Waals surface area contributed by atoms with Gasteiger partial charge in [0.25, 0.3) is 5.56 Å². The molecule has 9 heteroatoms. The molecule has 3 heterocycles. The van der Waals surface area contributed by atoms with Gasteiger partial charge in [-0.2, -0.15) is 4.98 Å². The number of anilines is 1. The van der Waals surface area contributed by atoms with Crippen molar-refractivity contribution in [2.75, 3.05) is 31.1 Å². The number of H-pyrrole nitrogens is 1. The number of nitrogens with one attached hydrogen (secondary N) is 2. The number of hydrogen-bond donors (Lipinski definition) is 2. The van der Waals surface area contributed by atoms with Crippen molar-refractivity contribution in [3.05, 3.63) is 31.9 Å². The molecule has 0 bridgehead atoms. The maximum atomic E-state index is 12.3. The zero-order chi connectivity index (χ0) is 16.6. The van der Waals surface area contributed by atoms with Gasteiger partial charge in [0.2, 0.25) is 5.95 Å². The van der Waals surface area contributed by atoms with E-state index in [1.165, 1.54) is 4.57 Å².